The van der Waals surface area contributed by atoms with E-state index >= 15 is 0 Å². The highest BCUT2D eigenvalue weighted by Crippen LogP contribution is 2.31. The van der Waals surface area contributed by atoms with Gasteiger partial charge in [0.1, 0.15) is 5.69 Å². The summed E-state index contributed by atoms with van der Waals surface area (Å²) in [5.74, 6) is -0.494. The quantitative estimate of drug-likeness (QED) is 0.332. The average Bonchev–Trinajstić information content (AvgIpc) is 2.76. The predicted octanol–water partition coefficient (Wildman–Crippen LogP) is 3.72. The third-order valence-electron chi connectivity index (χ3n) is 5.32. The Hall–Kier alpha value is -3.18. The number of carbonyl (C=O) groups is 1. The lowest BCUT2D eigenvalue weighted by atomic mass is 10.1. The molecule has 0 atom stereocenters. The van der Waals surface area contributed by atoms with E-state index in [1.54, 1.807) is 39.8 Å². The molecule has 0 aromatic heterocycles. The van der Waals surface area contributed by atoms with Gasteiger partial charge in [0.2, 0.25) is 15.9 Å². The number of sulfonamides is 1. The monoisotopic (exact) mass is 477 g/mol. The third-order valence-corrected chi connectivity index (χ3v) is 7.36. The average molecular weight is 478 g/mol. The summed E-state index contributed by atoms with van der Waals surface area (Å²) in [6.45, 7) is 10.0. The number of nitrogens with one attached hydrogen (secondary N) is 3. The van der Waals surface area contributed by atoms with Crippen LogP contribution < -0.4 is 16.0 Å². The first-order valence-electron chi connectivity index (χ1n) is 10.7. The summed E-state index contributed by atoms with van der Waals surface area (Å²) in [7, 11) is -3.68. The molecule has 3 N–H and O–H groups in total. The normalized spacial score (nSPS) is 11.3. The molecule has 0 aliphatic carbocycles. The number of aryl methyl sites for hydroxylation is 1. The summed E-state index contributed by atoms with van der Waals surface area (Å²) in [6, 6.07) is 7.65. The second-order valence-electron chi connectivity index (χ2n) is 7.39. The molecule has 0 saturated carbocycles. The van der Waals surface area contributed by atoms with Gasteiger partial charge in [0.25, 0.3) is 5.69 Å². The molecule has 180 valence electrons. The smallest absolute Gasteiger partial charge is 0.293 e. The van der Waals surface area contributed by atoms with Crippen LogP contribution in [-0.4, -0.2) is 49.7 Å². The maximum Gasteiger partial charge on any atom is 0.293 e. The number of hydrogen-bond donors (Lipinski definition) is 3. The molecule has 0 saturated heterocycles. The summed E-state index contributed by atoms with van der Waals surface area (Å²) in [6.07, 6.45) is 0. The maximum atomic E-state index is 12.9. The van der Waals surface area contributed by atoms with E-state index in [0.717, 1.165) is 5.56 Å². The van der Waals surface area contributed by atoms with Crippen LogP contribution >= 0.6 is 0 Å². The second-order valence-corrected chi connectivity index (χ2v) is 9.33. The topological polar surface area (TPSA) is 134 Å². The van der Waals surface area contributed by atoms with Gasteiger partial charge in [-0.2, -0.15) is 4.31 Å². The zero-order valence-electron chi connectivity index (χ0n) is 19.6. The first kappa shape index (κ1) is 26.1. The van der Waals surface area contributed by atoms with Crippen LogP contribution in [0.25, 0.3) is 0 Å². The number of amides is 1. The van der Waals surface area contributed by atoms with Crippen LogP contribution in [0.5, 0.6) is 0 Å². The van der Waals surface area contributed by atoms with Gasteiger partial charge in [0.05, 0.1) is 27.7 Å². The molecule has 2 rings (SSSR count). The van der Waals surface area contributed by atoms with Crippen LogP contribution in [0.3, 0.4) is 0 Å². The fraction of sp³-hybridized carbons (Fsp3) is 0.409. The van der Waals surface area contributed by atoms with E-state index in [4.69, 9.17) is 0 Å². The second kappa shape index (κ2) is 11.1. The van der Waals surface area contributed by atoms with E-state index in [2.05, 4.69) is 16.0 Å². The number of benzene rings is 2. The Kier molecular flexibility index (Phi) is 8.77. The highest BCUT2D eigenvalue weighted by Gasteiger charge is 2.23. The van der Waals surface area contributed by atoms with Gasteiger partial charge in [0.15, 0.2) is 0 Å². The summed E-state index contributed by atoms with van der Waals surface area (Å²) >= 11 is 0. The molecule has 0 radical (unpaired) electrons. The largest absolute Gasteiger partial charge is 0.384 e. The van der Waals surface area contributed by atoms with Crippen LogP contribution in [0.15, 0.2) is 35.2 Å². The Morgan fingerprint density at radius 2 is 1.70 bits per heavy atom. The lowest BCUT2D eigenvalue weighted by molar-refractivity contribution is -0.384. The van der Waals surface area contributed by atoms with Crippen molar-refractivity contribution in [3.8, 4) is 0 Å². The van der Waals surface area contributed by atoms with Gasteiger partial charge in [-0.15, -0.1) is 0 Å². The van der Waals surface area contributed by atoms with Crippen molar-refractivity contribution in [1.82, 2.24) is 4.31 Å². The van der Waals surface area contributed by atoms with Crippen molar-refractivity contribution in [2.75, 3.05) is 42.1 Å². The minimum Gasteiger partial charge on any atom is -0.384 e. The van der Waals surface area contributed by atoms with Gasteiger partial charge < -0.3 is 16.0 Å². The van der Waals surface area contributed by atoms with Gasteiger partial charge in [-0.25, -0.2) is 8.42 Å². The van der Waals surface area contributed by atoms with Crippen molar-refractivity contribution < 1.29 is 18.1 Å². The lowest BCUT2D eigenvalue weighted by Gasteiger charge is -2.20. The van der Waals surface area contributed by atoms with Crippen molar-refractivity contribution in [2.24, 2.45) is 0 Å². The molecule has 33 heavy (non-hydrogen) atoms. The Morgan fingerprint density at radius 1 is 1.03 bits per heavy atom. The van der Waals surface area contributed by atoms with Crippen molar-refractivity contribution in [2.45, 2.75) is 39.5 Å². The number of carbonyl (C=O) groups excluding carboxylic acids is 1. The summed E-state index contributed by atoms with van der Waals surface area (Å²) in [5, 5.41) is 20.1. The standard InChI is InChI=1S/C22H31N5O5S/c1-6-23-18-11-10-17(33(31,32)26(7-2)8-3)13-19(18)24-14-21(28)25-22-16(5)15(4)9-12-20(22)27(29)30/h9-13,23-24H,6-8,14H2,1-5H3,(H,25,28). The first-order valence-corrected chi connectivity index (χ1v) is 12.2. The Bertz CT molecular complexity index is 1130. The van der Waals surface area contributed by atoms with E-state index in [1.807, 2.05) is 6.92 Å². The number of hydrogen-bond acceptors (Lipinski definition) is 7. The van der Waals surface area contributed by atoms with E-state index in [1.165, 1.54) is 22.5 Å². The van der Waals surface area contributed by atoms with E-state index in [-0.39, 0.29) is 22.8 Å². The van der Waals surface area contributed by atoms with Crippen LogP contribution in [0.4, 0.5) is 22.7 Å². The molecular weight excluding hydrogens is 446 g/mol. The highest BCUT2D eigenvalue weighted by molar-refractivity contribution is 7.89. The Morgan fingerprint density at radius 3 is 2.27 bits per heavy atom. The Balaban J connectivity index is 2.30. The van der Waals surface area contributed by atoms with E-state index in [9.17, 15) is 23.3 Å². The van der Waals surface area contributed by atoms with E-state index < -0.39 is 20.9 Å². The fourth-order valence-corrected chi connectivity index (χ4v) is 4.84. The minimum absolute atomic E-state index is 0.112. The van der Waals surface area contributed by atoms with Gasteiger partial charge in [-0.05, 0) is 50.1 Å². The molecule has 0 heterocycles. The molecule has 0 aliphatic heterocycles. The van der Waals surface area contributed by atoms with Gasteiger partial charge in [-0.1, -0.05) is 19.9 Å². The molecular formula is C22H31N5O5S. The number of nitrogens with zero attached hydrogens (tertiary/aromatic N) is 2. The lowest BCUT2D eigenvalue weighted by Crippen LogP contribution is -2.30. The summed E-state index contributed by atoms with van der Waals surface area (Å²) in [5.41, 5.74) is 2.46. The molecule has 0 bridgehead atoms. The molecule has 1 amide bonds. The van der Waals surface area contributed by atoms with Crippen LogP contribution in [-0.2, 0) is 14.8 Å². The van der Waals surface area contributed by atoms with Crippen molar-refractivity contribution in [3.63, 3.8) is 0 Å². The number of nitro groups is 1. The number of nitro benzene ring substituents is 1. The predicted molar refractivity (Wildman–Crippen MR) is 130 cm³/mol. The van der Waals surface area contributed by atoms with Gasteiger partial charge in [0, 0.05) is 25.7 Å². The molecule has 10 nitrogen and oxygen atoms in total. The third kappa shape index (κ3) is 5.99. The molecule has 2 aromatic rings. The maximum absolute atomic E-state index is 12.9. The molecule has 11 heteroatoms. The first-order chi connectivity index (χ1) is 15.6. The molecule has 0 spiro atoms. The highest BCUT2D eigenvalue weighted by atomic mass is 32.2. The number of anilines is 3. The minimum atomic E-state index is -3.68. The SMILES string of the molecule is CCNc1ccc(S(=O)(=O)N(CC)CC)cc1NCC(=O)Nc1c([N+](=O)[O-])ccc(C)c1C. The fourth-order valence-electron chi connectivity index (χ4n) is 3.36. The molecule has 0 unspecified atom stereocenters. The molecule has 0 fully saturated rings. The van der Waals surface area contributed by atoms with Crippen molar-refractivity contribution in [1.29, 1.82) is 0 Å². The molecule has 0 aliphatic rings. The zero-order chi connectivity index (χ0) is 24.8. The molecule has 2 aromatic carbocycles. The van der Waals surface area contributed by atoms with Gasteiger partial charge >= 0.3 is 0 Å². The van der Waals surface area contributed by atoms with Crippen LogP contribution in [0.1, 0.15) is 31.9 Å². The summed E-state index contributed by atoms with van der Waals surface area (Å²) < 4.78 is 27.2. The number of rotatable bonds is 11. The van der Waals surface area contributed by atoms with E-state index in [0.29, 0.717) is 36.6 Å². The zero-order valence-corrected chi connectivity index (χ0v) is 20.4. The Labute approximate surface area is 194 Å². The van der Waals surface area contributed by atoms with Gasteiger partial charge in [-0.3, -0.25) is 14.9 Å². The van der Waals surface area contributed by atoms with Crippen molar-refractivity contribution in [3.05, 3.63) is 51.6 Å². The van der Waals surface area contributed by atoms with Crippen LogP contribution in [0, 0.1) is 24.0 Å². The summed E-state index contributed by atoms with van der Waals surface area (Å²) in [4.78, 5) is 23.6. The van der Waals surface area contributed by atoms with Crippen molar-refractivity contribution >= 4 is 38.7 Å². The van der Waals surface area contributed by atoms with Crippen LogP contribution in [0.2, 0.25) is 0 Å².